The fourth-order valence-electron chi connectivity index (χ4n) is 3.22. The van der Waals surface area contributed by atoms with Gasteiger partial charge in [0, 0.05) is 19.7 Å². The van der Waals surface area contributed by atoms with Crippen LogP contribution in [0.3, 0.4) is 0 Å². The molecule has 1 amide bonds. The zero-order chi connectivity index (χ0) is 16.9. The predicted octanol–water partition coefficient (Wildman–Crippen LogP) is 2.76. The Bertz CT molecular complexity index is 716. The van der Waals surface area contributed by atoms with Gasteiger partial charge in [-0.3, -0.25) is 19.7 Å². The van der Waals surface area contributed by atoms with E-state index in [0.717, 1.165) is 36.6 Å². The molecule has 5 nitrogen and oxygen atoms in total. The van der Waals surface area contributed by atoms with E-state index in [0.29, 0.717) is 12.6 Å². The summed E-state index contributed by atoms with van der Waals surface area (Å²) in [5, 5.41) is 2.81. The third kappa shape index (κ3) is 3.97. The molecule has 1 N–H and O–H groups in total. The Kier molecular flexibility index (Phi) is 5.20. The number of hydrogen-bond acceptors (Lipinski definition) is 4. The second-order valence-corrected chi connectivity index (χ2v) is 6.36. The number of carbonyl (C=O) groups is 1. The van der Waals surface area contributed by atoms with Crippen LogP contribution in [0.5, 0.6) is 0 Å². The lowest BCUT2D eigenvalue weighted by molar-refractivity contribution is -0.119. The molecule has 0 radical (unpaired) electrons. The predicted molar refractivity (Wildman–Crippen MR) is 93.1 cm³/mol. The number of carbonyl (C=O) groups excluding carboxylic acids is 1. The van der Waals surface area contributed by atoms with E-state index in [1.807, 2.05) is 24.4 Å². The molecule has 1 atom stereocenters. The lowest BCUT2D eigenvalue weighted by Gasteiger charge is -2.24. The fourth-order valence-corrected chi connectivity index (χ4v) is 3.22. The van der Waals surface area contributed by atoms with E-state index in [2.05, 4.69) is 34.3 Å². The van der Waals surface area contributed by atoms with Crippen LogP contribution in [0.4, 0.5) is 0 Å². The van der Waals surface area contributed by atoms with Gasteiger partial charge in [0.05, 0.1) is 29.7 Å². The second-order valence-electron chi connectivity index (χ2n) is 6.36. The van der Waals surface area contributed by atoms with Gasteiger partial charge in [-0.15, -0.1) is 0 Å². The van der Waals surface area contributed by atoms with Crippen molar-refractivity contribution >= 4 is 5.91 Å². The summed E-state index contributed by atoms with van der Waals surface area (Å²) in [6.07, 6.45) is 4.15. The van der Waals surface area contributed by atoms with E-state index >= 15 is 0 Å². The molecule has 24 heavy (non-hydrogen) atoms. The van der Waals surface area contributed by atoms with Gasteiger partial charge < -0.3 is 5.32 Å². The zero-order valence-corrected chi connectivity index (χ0v) is 14.3. The largest absolute Gasteiger partial charge is 0.351 e. The minimum atomic E-state index is -0.0321. The number of aromatic nitrogens is 2. The van der Waals surface area contributed by atoms with Gasteiger partial charge in [0.25, 0.3) is 0 Å². The van der Waals surface area contributed by atoms with Crippen molar-refractivity contribution in [3.8, 4) is 0 Å². The van der Waals surface area contributed by atoms with Crippen LogP contribution < -0.4 is 5.32 Å². The average molecular weight is 324 g/mol. The summed E-state index contributed by atoms with van der Waals surface area (Å²) in [4.78, 5) is 22.8. The summed E-state index contributed by atoms with van der Waals surface area (Å²) >= 11 is 0. The third-order valence-corrected chi connectivity index (χ3v) is 4.52. The summed E-state index contributed by atoms with van der Waals surface area (Å²) in [5.41, 5.74) is 4.36. The van der Waals surface area contributed by atoms with E-state index in [9.17, 15) is 4.79 Å². The molecule has 1 saturated heterocycles. The topological polar surface area (TPSA) is 58.1 Å². The molecule has 2 aromatic heterocycles. The van der Waals surface area contributed by atoms with Gasteiger partial charge >= 0.3 is 0 Å². The number of aryl methyl sites for hydroxylation is 1. The van der Waals surface area contributed by atoms with Crippen LogP contribution in [-0.2, 0) is 17.9 Å². The summed E-state index contributed by atoms with van der Waals surface area (Å²) in [5.74, 6) is -0.0321. The Labute approximate surface area is 143 Å². The van der Waals surface area contributed by atoms with Crippen LogP contribution in [0, 0.1) is 6.92 Å². The van der Waals surface area contributed by atoms with Crippen LogP contribution >= 0.6 is 0 Å². The third-order valence-electron chi connectivity index (χ3n) is 4.52. The minimum absolute atomic E-state index is 0.0321. The highest BCUT2D eigenvalue weighted by Gasteiger charge is 2.27. The quantitative estimate of drug-likeness (QED) is 0.919. The lowest BCUT2D eigenvalue weighted by atomic mass is 10.1. The normalized spacial score (nSPS) is 17.8. The number of amides is 1. The van der Waals surface area contributed by atoms with Gasteiger partial charge in [0.15, 0.2) is 0 Å². The van der Waals surface area contributed by atoms with Crippen LogP contribution in [0.1, 0.15) is 48.5 Å². The number of nitrogens with zero attached hydrogens (tertiary/aromatic N) is 3. The number of hydrogen-bond donors (Lipinski definition) is 1. The molecule has 0 saturated carbocycles. The Hall–Kier alpha value is -2.27. The molecule has 5 heteroatoms. The Morgan fingerprint density at radius 1 is 1.33 bits per heavy atom. The molecule has 1 aliphatic heterocycles. The maximum Gasteiger partial charge on any atom is 0.217 e. The highest BCUT2D eigenvalue weighted by Crippen LogP contribution is 2.32. The number of pyridine rings is 2. The van der Waals surface area contributed by atoms with Crippen LogP contribution in [0.15, 0.2) is 36.5 Å². The van der Waals surface area contributed by atoms with E-state index in [1.165, 1.54) is 18.9 Å². The van der Waals surface area contributed by atoms with Crippen molar-refractivity contribution in [2.75, 3.05) is 6.54 Å². The number of likely N-dealkylation sites (tertiary alicyclic amines) is 1. The SMILES string of the molecule is CC(=O)NCc1cccc([C@H]2CCCN2Cc2ncccc2C)n1. The Morgan fingerprint density at radius 3 is 3.00 bits per heavy atom. The van der Waals surface area contributed by atoms with E-state index in [1.54, 1.807) is 0 Å². The second kappa shape index (κ2) is 7.53. The van der Waals surface area contributed by atoms with Crippen molar-refractivity contribution in [1.82, 2.24) is 20.2 Å². The maximum atomic E-state index is 11.1. The number of rotatable bonds is 5. The van der Waals surface area contributed by atoms with Crippen molar-refractivity contribution in [3.63, 3.8) is 0 Å². The minimum Gasteiger partial charge on any atom is -0.351 e. The number of nitrogens with one attached hydrogen (secondary N) is 1. The summed E-state index contributed by atoms with van der Waals surface area (Å²) < 4.78 is 0. The van der Waals surface area contributed by atoms with E-state index < -0.39 is 0 Å². The fraction of sp³-hybridized carbons (Fsp3) is 0.421. The summed E-state index contributed by atoms with van der Waals surface area (Å²) in [6, 6.07) is 10.5. The van der Waals surface area contributed by atoms with E-state index in [4.69, 9.17) is 4.98 Å². The van der Waals surface area contributed by atoms with Crippen LogP contribution in [-0.4, -0.2) is 27.3 Å². The van der Waals surface area contributed by atoms with Crippen molar-refractivity contribution in [2.45, 2.75) is 45.8 Å². The van der Waals surface area contributed by atoms with Gasteiger partial charge in [-0.05, 0) is 50.1 Å². The van der Waals surface area contributed by atoms with Crippen LogP contribution in [0.2, 0.25) is 0 Å². The molecule has 0 spiro atoms. The van der Waals surface area contributed by atoms with Crippen molar-refractivity contribution in [1.29, 1.82) is 0 Å². The standard InChI is InChI=1S/C19H24N4O/c1-14-6-4-10-20-18(14)13-23-11-5-9-19(23)17-8-3-7-16(22-17)12-21-15(2)24/h3-4,6-8,10,19H,5,9,11-13H2,1-2H3,(H,21,24)/t19-/m1/s1. The molecule has 0 unspecified atom stereocenters. The molecule has 126 valence electrons. The van der Waals surface area contributed by atoms with Crippen LogP contribution in [0.25, 0.3) is 0 Å². The van der Waals surface area contributed by atoms with Gasteiger partial charge in [-0.1, -0.05) is 12.1 Å². The van der Waals surface area contributed by atoms with Gasteiger partial charge in [0.2, 0.25) is 5.91 Å². The first-order valence-electron chi connectivity index (χ1n) is 8.48. The molecule has 3 rings (SSSR count). The smallest absolute Gasteiger partial charge is 0.217 e. The molecular formula is C19H24N4O. The van der Waals surface area contributed by atoms with Gasteiger partial charge in [-0.25, -0.2) is 0 Å². The Morgan fingerprint density at radius 2 is 2.21 bits per heavy atom. The van der Waals surface area contributed by atoms with E-state index in [-0.39, 0.29) is 5.91 Å². The molecule has 3 heterocycles. The first-order chi connectivity index (χ1) is 11.6. The van der Waals surface area contributed by atoms with Crippen molar-refractivity contribution in [2.24, 2.45) is 0 Å². The molecule has 1 aliphatic rings. The average Bonchev–Trinajstić information content (AvgIpc) is 3.03. The zero-order valence-electron chi connectivity index (χ0n) is 14.3. The molecule has 0 aliphatic carbocycles. The molecule has 2 aromatic rings. The first kappa shape index (κ1) is 16.6. The van der Waals surface area contributed by atoms with Crippen molar-refractivity contribution in [3.05, 3.63) is 59.2 Å². The van der Waals surface area contributed by atoms with Crippen molar-refractivity contribution < 1.29 is 4.79 Å². The molecular weight excluding hydrogens is 300 g/mol. The first-order valence-corrected chi connectivity index (χ1v) is 8.48. The molecule has 0 bridgehead atoms. The molecule has 1 fully saturated rings. The van der Waals surface area contributed by atoms with Gasteiger partial charge in [0.1, 0.15) is 0 Å². The summed E-state index contributed by atoms with van der Waals surface area (Å²) in [7, 11) is 0. The maximum absolute atomic E-state index is 11.1. The van der Waals surface area contributed by atoms with Gasteiger partial charge in [-0.2, -0.15) is 0 Å². The highest BCUT2D eigenvalue weighted by molar-refractivity contribution is 5.72. The lowest BCUT2D eigenvalue weighted by Crippen LogP contribution is -2.25. The summed E-state index contributed by atoms with van der Waals surface area (Å²) in [6.45, 7) is 6.04. The molecule has 0 aromatic carbocycles. The highest BCUT2D eigenvalue weighted by atomic mass is 16.1. The Balaban J connectivity index is 1.74. The monoisotopic (exact) mass is 324 g/mol.